The number of ketones is 1. The average Bonchev–Trinajstić information content (AvgIpc) is 3.43. The minimum absolute atomic E-state index is 0.0952. The van der Waals surface area contributed by atoms with Gasteiger partial charge in [-0.05, 0) is 55.0 Å². The lowest BCUT2D eigenvalue weighted by atomic mass is 10.1. The van der Waals surface area contributed by atoms with Gasteiger partial charge in [0.1, 0.15) is 11.4 Å². The molecule has 0 radical (unpaired) electrons. The molecule has 3 aromatic heterocycles. The molecule has 0 aliphatic carbocycles. The summed E-state index contributed by atoms with van der Waals surface area (Å²) in [6, 6.07) is 18.7. The van der Waals surface area contributed by atoms with Crippen LogP contribution in [0.2, 0.25) is 5.02 Å². The third-order valence-electron chi connectivity index (χ3n) is 5.52. The normalized spacial score (nSPS) is 11.1. The van der Waals surface area contributed by atoms with Gasteiger partial charge in [-0.1, -0.05) is 29.8 Å². The number of pyridine rings is 1. The maximum absolute atomic E-state index is 13.5. The van der Waals surface area contributed by atoms with E-state index in [1.165, 1.54) is 0 Å². The van der Waals surface area contributed by atoms with Crippen molar-refractivity contribution in [2.24, 2.45) is 0 Å². The standard InChI is InChI=1S/C25H19ClN4O3/c1-15-22(23(31)25-29-28-24(33-25)20-5-3-4-12-27-20)19-13-17(26)8-11-21(19)30(15)14-16-6-9-18(32-2)10-7-16/h3-13H,14H2,1-2H3. The largest absolute Gasteiger partial charge is 0.497 e. The fraction of sp³-hybridized carbons (Fsp3) is 0.120. The van der Waals surface area contributed by atoms with Crippen LogP contribution in [0.15, 0.2) is 71.3 Å². The Morgan fingerprint density at radius 3 is 2.64 bits per heavy atom. The maximum atomic E-state index is 13.5. The summed E-state index contributed by atoms with van der Waals surface area (Å²) in [4.78, 5) is 17.7. The second-order valence-corrected chi connectivity index (χ2v) is 7.95. The van der Waals surface area contributed by atoms with Crippen LogP contribution in [0.25, 0.3) is 22.5 Å². The topological polar surface area (TPSA) is 83.0 Å². The molecule has 0 N–H and O–H groups in total. The van der Waals surface area contributed by atoms with E-state index in [0.717, 1.165) is 27.9 Å². The molecule has 7 nitrogen and oxygen atoms in total. The Morgan fingerprint density at radius 1 is 1.09 bits per heavy atom. The summed E-state index contributed by atoms with van der Waals surface area (Å²) in [5.41, 5.74) is 3.73. The van der Waals surface area contributed by atoms with Gasteiger partial charge in [0.2, 0.25) is 0 Å². The first kappa shape index (κ1) is 20.9. The fourth-order valence-electron chi connectivity index (χ4n) is 3.87. The van der Waals surface area contributed by atoms with Crippen molar-refractivity contribution in [3.05, 3.63) is 94.6 Å². The molecular formula is C25H19ClN4O3. The number of nitrogens with zero attached hydrogens (tertiary/aromatic N) is 4. The second-order valence-electron chi connectivity index (χ2n) is 7.51. The first-order valence-corrected chi connectivity index (χ1v) is 10.6. The molecule has 5 aromatic rings. The number of ether oxygens (including phenoxy) is 1. The van der Waals surface area contributed by atoms with Gasteiger partial charge in [0.25, 0.3) is 17.6 Å². The van der Waals surface area contributed by atoms with Crippen molar-refractivity contribution in [3.63, 3.8) is 0 Å². The number of fused-ring (bicyclic) bond motifs is 1. The molecule has 0 fully saturated rings. The summed E-state index contributed by atoms with van der Waals surface area (Å²) in [7, 11) is 1.64. The van der Waals surface area contributed by atoms with E-state index in [0.29, 0.717) is 22.8 Å². The van der Waals surface area contributed by atoms with Crippen molar-refractivity contribution in [1.29, 1.82) is 0 Å². The van der Waals surface area contributed by atoms with Crippen molar-refractivity contribution < 1.29 is 13.9 Å². The minimum atomic E-state index is -0.358. The zero-order valence-corrected chi connectivity index (χ0v) is 18.7. The van der Waals surface area contributed by atoms with Gasteiger partial charge in [0.05, 0.1) is 12.7 Å². The maximum Gasteiger partial charge on any atom is 0.289 e. The van der Waals surface area contributed by atoms with Crippen LogP contribution in [0.3, 0.4) is 0 Å². The molecule has 0 bridgehead atoms. The number of carbonyl (C=O) groups is 1. The molecule has 0 saturated carbocycles. The highest BCUT2D eigenvalue weighted by atomic mass is 35.5. The molecule has 0 aliphatic heterocycles. The van der Waals surface area contributed by atoms with Crippen molar-refractivity contribution in [3.8, 4) is 17.3 Å². The quantitative estimate of drug-likeness (QED) is 0.319. The van der Waals surface area contributed by atoms with E-state index in [-0.39, 0.29) is 17.6 Å². The van der Waals surface area contributed by atoms with Gasteiger partial charge in [0, 0.05) is 34.4 Å². The van der Waals surface area contributed by atoms with Crippen LogP contribution < -0.4 is 4.74 Å². The van der Waals surface area contributed by atoms with Crippen LogP contribution in [0, 0.1) is 6.92 Å². The summed E-state index contributed by atoms with van der Waals surface area (Å²) < 4.78 is 13.0. The van der Waals surface area contributed by atoms with Crippen LogP contribution in [0.4, 0.5) is 0 Å². The smallest absolute Gasteiger partial charge is 0.289 e. The van der Waals surface area contributed by atoms with Crippen molar-refractivity contribution in [2.45, 2.75) is 13.5 Å². The van der Waals surface area contributed by atoms with Crippen LogP contribution in [-0.2, 0) is 6.54 Å². The van der Waals surface area contributed by atoms with Crippen molar-refractivity contribution in [2.75, 3.05) is 7.11 Å². The first-order valence-electron chi connectivity index (χ1n) is 10.3. The Bertz CT molecular complexity index is 1460. The highest BCUT2D eigenvalue weighted by Crippen LogP contribution is 2.31. The molecule has 5 rings (SSSR count). The predicted molar refractivity (Wildman–Crippen MR) is 125 cm³/mol. The number of hydrogen-bond donors (Lipinski definition) is 0. The van der Waals surface area contributed by atoms with Gasteiger partial charge in [0.15, 0.2) is 0 Å². The Hall–Kier alpha value is -3.97. The zero-order chi connectivity index (χ0) is 22.9. The van der Waals surface area contributed by atoms with E-state index in [1.807, 2.05) is 49.4 Å². The van der Waals surface area contributed by atoms with E-state index in [1.54, 1.807) is 31.5 Å². The summed E-state index contributed by atoms with van der Waals surface area (Å²) in [6.07, 6.45) is 1.62. The minimum Gasteiger partial charge on any atom is -0.497 e. The third kappa shape index (κ3) is 3.87. The Kier molecular flexibility index (Phi) is 5.40. The van der Waals surface area contributed by atoms with E-state index in [9.17, 15) is 4.79 Å². The molecular weight excluding hydrogens is 440 g/mol. The summed E-state index contributed by atoms with van der Waals surface area (Å²) in [6.45, 7) is 2.48. The van der Waals surface area contributed by atoms with Gasteiger partial charge in [-0.25, -0.2) is 0 Å². The van der Waals surface area contributed by atoms with Crippen LogP contribution in [0.5, 0.6) is 5.75 Å². The fourth-order valence-corrected chi connectivity index (χ4v) is 4.05. The van der Waals surface area contributed by atoms with Crippen LogP contribution >= 0.6 is 11.6 Å². The number of aromatic nitrogens is 4. The van der Waals surface area contributed by atoms with E-state index < -0.39 is 0 Å². The van der Waals surface area contributed by atoms with Crippen LogP contribution in [-0.4, -0.2) is 32.6 Å². The molecule has 0 saturated heterocycles. The number of benzene rings is 2. The zero-order valence-electron chi connectivity index (χ0n) is 17.9. The highest BCUT2D eigenvalue weighted by Gasteiger charge is 2.26. The second kappa shape index (κ2) is 8.52. The van der Waals surface area contributed by atoms with Gasteiger partial charge in [-0.3, -0.25) is 9.78 Å². The van der Waals surface area contributed by atoms with Crippen molar-refractivity contribution >= 4 is 28.3 Å². The SMILES string of the molecule is COc1ccc(Cn2c(C)c(C(=O)c3nnc(-c4ccccn4)o3)c3cc(Cl)ccc32)cc1. The summed E-state index contributed by atoms with van der Waals surface area (Å²) >= 11 is 6.29. The molecule has 33 heavy (non-hydrogen) atoms. The van der Waals surface area contributed by atoms with E-state index in [2.05, 4.69) is 19.7 Å². The monoisotopic (exact) mass is 458 g/mol. The van der Waals surface area contributed by atoms with Gasteiger partial charge in [-0.2, -0.15) is 0 Å². The number of halogens is 1. The Labute approximate surface area is 194 Å². The molecule has 0 aliphatic rings. The first-order chi connectivity index (χ1) is 16.0. The lowest BCUT2D eigenvalue weighted by Crippen LogP contribution is -2.06. The lowest BCUT2D eigenvalue weighted by molar-refractivity contribution is 0.100. The van der Waals surface area contributed by atoms with Gasteiger partial charge in [-0.15, -0.1) is 10.2 Å². The predicted octanol–water partition coefficient (Wildman–Crippen LogP) is 5.34. The number of hydrogen-bond acceptors (Lipinski definition) is 6. The molecule has 0 spiro atoms. The van der Waals surface area contributed by atoms with Crippen LogP contribution in [0.1, 0.15) is 27.5 Å². The van der Waals surface area contributed by atoms with Gasteiger partial charge >= 0.3 is 0 Å². The van der Waals surface area contributed by atoms with Gasteiger partial charge < -0.3 is 13.7 Å². The molecule has 2 aromatic carbocycles. The molecule has 3 heterocycles. The Morgan fingerprint density at radius 2 is 1.91 bits per heavy atom. The van der Waals surface area contributed by atoms with E-state index in [4.69, 9.17) is 20.8 Å². The number of rotatable bonds is 6. The van der Waals surface area contributed by atoms with E-state index >= 15 is 0 Å². The molecule has 0 unspecified atom stereocenters. The highest BCUT2D eigenvalue weighted by molar-refractivity contribution is 6.31. The Balaban J connectivity index is 1.58. The lowest BCUT2D eigenvalue weighted by Gasteiger charge is -2.09. The molecule has 0 amide bonds. The molecule has 8 heteroatoms. The third-order valence-corrected chi connectivity index (χ3v) is 5.75. The molecule has 164 valence electrons. The van der Waals surface area contributed by atoms with Crippen molar-refractivity contribution in [1.82, 2.24) is 19.7 Å². The number of methoxy groups -OCH3 is 1. The average molecular weight is 459 g/mol. The number of carbonyl (C=O) groups excluding carboxylic acids is 1. The summed E-state index contributed by atoms with van der Waals surface area (Å²) in [5.74, 6) is 0.525. The summed E-state index contributed by atoms with van der Waals surface area (Å²) in [5, 5.41) is 9.27. The molecule has 0 atom stereocenters.